The normalized spacial score (nSPS) is 47.7. The van der Waals surface area contributed by atoms with E-state index in [4.69, 9.17) is 0 Å². The van der Waals surface area contributed by atoms with Crippen LogP contribution in [0.2, 0.25) is 0 Å². The Balaban J connectivity index is 1.80. The molecular formula is C15H11N. The Hall–Kier alpha value is -1.55. The minimum Gasteiger partial charge on any atom is -0.192 e. The first kappa shape index (κ1) is 7.68. The van der Waals surface area contributed by atoms with Gasteiger partial charge in [-0.2, -0.15) is 5.26 Å². The summed E-state index contributed by atoms with van der Waals surface area (Å²) in [6, 6.07) is 8.70. The summed E-state index contributed by atoms with van der Waals surface area (Å²) in [5.74, 6) is 4.92. The minimum atomic E-state index is 0.738. The number of nitrogens with zero attached hydrogens (tertiary/aromatic N) is 1. The van der Waals surface area contributed by atoms with Gasteiger partial charge in [0.2, 0.25) is 0 Å². The summed E-state index contributed by atoms with van der Waals surface area (Å²) < 4.78 is 0. The second-order valence-corrected chi connectivity index (χ2v) is 5.67. The van der Waals surface area contributed by atoms with Crippen LogP contribution in [0.15, 0.2) is 30.4 Å². The Bertz CT molecular complexity index is 592. The molecule has 2 fully saturated rings. The van der Waals surface area contributed by atoms with Gasteiger partial charge in [0.05, 0.1) is 11.6 Å². The average Bonchev–Trinajstić information content (AvgIpc) is 2.80. The first-order valence-electron chi connectivity index (χ1n) is 6.13. The molecule has 4 aliphatic carbocycles. The lowest BCUT2D eigenvalue weighted by molar-refractivity contribution is 0.398. The van der Waals surface area contributed by atoms with Crippen molar-refractivity contribution >= 4 is 0 Å². The summed E-state index contributed by atoms with van der Waals surface area (Å²) >= 11 is 0. The molecule has 0 spiro atoms. The summed E-state index contributed by atoms with van der Waals surface area (Å²) in [5, 5.41) is 9.21. The number of hydrogen-bond donors (Lipinski definition) is 0. The van der Waals surface area contributed by atoms with Gasteiger partial charge in [-0.3, -0.25) is 0 Å². The molecule has 0 radical (unpaired) electrons. The van der Waals surface area contributed by atoms with Crippen molar-refractivity contribution in [2.24, 2.45) is 23.7 Å². The summed E-state index contributed by atoms with van der Waals surface area (Å²) in [6.45, 7) is 0. The van der Waals surface area contributed by atoms with E-state index in [2.05, 4.69) is 30.4 Å². The van der Waals surface area contributed by atoms with Gasteiger partial charge in [0.15, 0.2) is 0 Å². The highest BCUT2D eigenvalue weighted by molar-refractivity contribution is 5.59. The molecule has 6 atom stereocenters. The molecule has 0 amide bonds. The van der Waals surface area contributed by atoms with Gasteiger partial charge in [0.25, 0.3) is 0 Å². The molecule has 1 heteroatoms. The third-order valence-electron chi connectivity index (χ3n) is 5.36. The van der Waals surface area contributed by atoms with Crippen LogP contribution < -0.4 is 0 Å². The molecule has 0 unspecified atom stereocenters. The van der Waals surface area contributed by atoms with Crippen LogP contribution in [0.25, 0.3) is 0 Å². The van der Waals surface area contributed by atoms with Crippen molar-refractivity contribution in [3.05, 3.63) is 47.0 Å². The standard InChI is InChI=1S/C15H11N/c16-6-7-2-1-3-10-11(7)14-13-9-5-4-8(9)12(10)15(13)14/h1-5,8-9,12-15H/t8-,9+,12+,13-,14+,15-/m0/s1. The van der Waals surface area contributed by atoms with E-state index in [1.807, 2.05) is 6.07 Å². The molecular weight excluding hydrogens is 194 g/mol. The summed E-state index contributed by atoms with van der Waals surface area (Å²) in [7, 11) is 0. The Morgan fingerprint density at radius 1 is 1.00 bits per heavy atom. The minimum absolute atomic E-state index is 0.738. The lowest BCUT2D eigenvalue weighted by Crippen LogP contribution is -2.19. The third-order valence-corrected chi connectivity index (χ3v) is 5.36. The van der Waals surface area contributed by atoms with E-state index in [0.717, 1.165) is 41.1 Å². The van der Waals surface area contributed by atoms with Crippen LogP contribution in [0.5, 0.6) is 0 Å². The Morgan fingerprint density at radius 3 is 2.62 bits per heavy atom. The molecule has 16 heavy (non-hydrogen) atoms. The highest BCUT2D eigenvalue weighted by Crippen LogP contribution is 2.80. The molecule has 1 aromatic carbocycles. The van der Waals surface area contributed by atoms with E-state index in [-0.39, 0.29) is 0 Å². The first-order chi connectivity index (χ1) is 7.92. The maximum absolute atomic E-state index is 9.21. The van der Waals surface area contributed by atoms with E-state index in [1.54, 1.807) is 0 Å². The topological polar surface area (TPSA) is 23.8 Å². The predicted molar refractivity (Wildman–Crippen MR) is 59.7 cm³/mol. The first-order valence-corrected chi connectivity index (χ1v) is 6.13. The molecule has 0 aliphatic heterocycles. The fraction of sp³-hybridized carbons (Fsp3) is 0.400. The zero-order valence-corrected chi connectivity index (χ0v) is 8.80. The van der Waals surface area contributed by atoms with Crippen LogP contribution in [0, 0.1) is 35.0 Å². The maximum Gasteiger partial charge on any atom is 0.0994 e. The van der Waals surface area contributed by atoms with Gasteiger partial charge in [-0.15, -0.1) is 0 Å². The summed E-state index contributed by atoms with van der Waals surface area (Å²) in [6.07, 6.45) is 4.80. The Kier molecular flexibility index (Phi) is 1.01. The van der Waals surface area contributed by atoms with Crippen molar-refractivity contribution in [1.29, 1.82) is 5.26 Å². The van der Waals surface area contributed by atoms with Gasteiger partial charge in [-0.1, -0.05) is 24.3 Å². The molecule has 4 aliphatic rings. The van der Waals surface area contributed by atoms with E-state index < -0.39 is 0 Å². The molecule has 0 aromatic heterocycles. The van der Waals surface area contributed by atoms with Crippen LogP contribution in [0.1, 0.15) is 28.5 Å². The van der Waals surface area contributed by atoms with Gasteiger partial charge in [0.1, 0.15) is 0 Å². The lowest BCUT2D eigenvalue weighted by atomic mass is 9.76. The maximum atomic E-state index is 9.21. The van der Waals surface area contributed by atoms with E-state index in [0.29, 0.717) is 0 Å². The molecule has 0 saturated heterocycles. The zero-order chi connectivity index (χ0) is 10.4. The SMILES string of the molecule is N#Cc1cccc2c1[C@H]1[C@H]3[C@@H]2[C@H]2C=C[C@H]2[C@@H]13. The van der Waals surface area contributed by atoms with Crippen molar-refractivity contribution in [3.8, 4) is 6.07 Å². The van der Waals surface area contributed by atoms with E-state index in [9.17, 15) is 5.26 Å². The highest BCUT2D eigenvalue weighted by atomic mass is 14.7. The summed E-state index contributed by atoms with van der Waals surface area (Å²) in [4.78, 5) is 0. The summed E-state index contributed by atoms with van der Waals surface area (Å²) in [5.41, 5.74) is 3.86. The fourth-order valence-electron chi connectivity index (χ4n) is 4.83. The monoisotopic (exact) mass is 205 g/mol. The molecule has 0 heterocycles. The van der Waals surface area contributed by atoms with Crippen LogP contribution in [0.4, 0.5) is 0 Å². The molecule has 5 rings (SSSR count). The number of fused-ring (bicyclic) bond motifs is 7. The van der Waals surface area contributed by atoms with Crippen LogP contribution in [-0.4, -0.2) is 0 Å². The largest absolute Gasteiger partial charge is 0.192 e. The molecule has 1 nitrogen and oxygen atoms in total. The van der Waals surface area contributed by atoms with Gasteiger partial charge in [0, 0.05) is 0 Å². The lowest BCUT2D eigenvalue weighted by Gasteiger charge is -2.28. The average molecular weight is 205 g/mol. The van der Waals surface area contributed by atoms with Crippen molar-refractivity contribution in [2.75, 3.05) is 0 Å². The second kappa shape index (κ2) is 2.11. The Labute approximate surface area is 94.4 Å². The van der Waals surface area contributed by atoms with Gasteiger partial charge in [-0.25, -0.2) is 0 Å². The predicted octanol–water partition coefficient (Wildman–Crippen LogP) is 2.80. The second-order valence-electron chi connectivity index (χ2n) is 5.67. The van der Waals surface area contributed by atoms with Crippen LogP contribution in [0.3, 0.4) is 0 Å². The van der Waals surface area contributed by atoms with Crippen molar-refractivity contribution in [1.82, 2.24) is 0 Å². The smallest absolute Gasteiger partial charge is 0.0994 e. The molecule has 1 aromatic rings. The highest BCUT2D eigenvalue weighted by Gasteiger charge is 2.72. The molecule has 2 saturated carbocycles. The van der Waals surface area contributed by atoms with E-state index in [1.165, 1.54) is 11.1 Å². The van der Waals surface area contributed by atoms with Gasteiger partial charge < -0.3 is 0 Å². The Morgan fingerprint density at radius 2 is 1.88 bits per heavy atom. The number of rotatable bonds is 0. The number of benzene rings is 1. The van der Waals surface area contributed by atoms with Crippen molar-refractivity contribution < 1.29 is 0 Å². The third kappa shape index (κ3) is 0.571. The van der Waals surface area contributed by atoms with Crippen LogP contribution in [-0.2, 0) is 0 Å². The molecule has 0 N–H and O–H groups in total. The van der Waals surface area contributed by atoms with Gasteiger partial charge >= 0.3 is 0 Å². The zero-order valence-electron chi connectivity index (χ0n) is 8.80. The van der Waals surface area contributed by atoms with Crippen molar-refractivity contribution in [2.45, 2.75) is 11.8 Å². The number of nitriles is 1. The quantitative estimate of drug-likeness (QED) is 0.597. The van der Waals surface area contributed by atoms with Crippen molar-refractivity contribution in [3.63, 3.8) is 0 Å². The molecule has 0 bridgehead atoms. The van der Waals surface area contributed by atoms with Crippen LogP contribution >= 0.6 is 0 Å². The number of hydrogen-bond acceptors (Lipinski definition) is 1. The fourth-order valence-corrected chi connectivity index (χ4v) is 4.83. The van der Waals surface area contributed by atoms with E-state index >= 15 is 0 Å². The number of allylic oxidation sites excluding steroid dienone is 2. The van der Waals surface area contributed by atoms with Gasteiger partial charge in [-0.05, 0) is 52.7 Å². The molecule has 76 valence electrons.